The van der Waals surface area contributed by atoms with Gasteiger partial charge in [-0.3, -0.25) is 4.68 Å². The molecule has 0 aliphatic heterocycles. The SMILES string of the molecule is CCc1nn(C)cc1-c1cc(CNC2CC2)ccc1F. The zero-order valence-corrected chi connectivity index (χ0v) is 12.0. The molecule has 0 atom stereocenters. The van der Waals surface area contributed by atoms with Gasteiger partial charge in [0.25, 0.3) is 0 Å². The van der Waals surface area contributed by atoms with Gasteiger partial charge in [-0.2, -0.15) is 5.10 Å². The molecule has 0 radical (unpaired) electrons. The Morgan fingerprint density at radius 1 is 1.35 bits per heavy atom. The zero-order valence-electron chi connectivity index (χ0n) is 12.0. The van der Waals surface area contributed by atoms with Crippen molar-refractivity contribution in [3.8, 4) is 11.1 Å². The van der Waals surface area contributed by atoms with Crippen molar-refractivity contribution in [3.63, 3.8) is 0 Å². The molecule has 1 aliphatic rings. The van der Waals surface area contributed by atoms with Crippen LogP contribution in [0.1, 0.15) is 31.0 Å². The quantitative estimate of drug-likeness (QED) is 0.907. The normalized spacial score (nSPS) is 14.8. The molecule has 0 unspecified atom stereocenters. The lowest BCUT2D eigenvalue weighted by molar-refractivity contribution is 0.628. The monoisotopic (exact) mass is 273 g/mol. The maximum Gasteiger partial charge on any atom is 0.131 e. The Hall–Kier alpha value is -1.68. The number of aryl methyl sites for hydroxylation is 2. The summed E-state index contributed by atoms with van der Waals surface area (Å²) in [5.74, 6) is -0.178. The second kappa shape index (κ2) is 5.37. The molecule has 1 aromatic carbocycles. The molecule has 0 spiro atoms. The average Bonchev–Trinajstić information content (AvgIpc) is 3.19. The fourth-order valence-corrected chi connectivity index (χ4v) is 2.46. The Balaban J connectivity index is 1.91. The van der Waals surface area contributed by atoms with Crippen LogP contribution in [0.5, 0.6) is 0 Å². The summed E-state index contributed by atoms with van der Waals surface area (Å²) in [6.45, 7) is 2.85. The van der Waals surface area contributed by atoms with E-state index >= 15 is 0 Å². The third-order valence-corrected chi connectivity index (χ3v) is 3.73. The van der Waals surface area contributed by atoms with Gasteiger partial charge in [0.1, 0.15) is 5.82 Å². The highest BCUT2D eigenvalue weighted by Crippen LogP contribution is 2.27. The number of halogens is 1. The predicted octanol–water partition coefficient (Wildman–Crippen LogP) is 3.04. The standard InChI is InChI=1S/C16H20FN3/c1-3-16-14(10-20(2)19-16)13-8-11(4-7-15(13)17)9-18-12-5-6-12/h4,7-8,10,12,18H,3,5-6,9H2,1-2H3. The summed E-state index contributed by atoms with van der Waals surface area (Å²) in [7, 11) is 1.87. The van der Waals surface area contributed by atoms with Gasteiger partial charge in [0.05, 0.1) is 5.69 Å². The number of hydrogen-bond acceptors (Lipinski definition) is 2. The van der Waals surface area contributed by atoms with Gasteiger partial charge in [-0.15, -0.1) is 0 Å². The number of benzene rings is 1. The lowest BCUT2D eigenvalue weighted by Gasteiger charge is -2.07. The van der Waals surface area contributed by atoms with E-state index in [1.54, 1.807) is 10.7 Å². The summed E-state index contributed by atoms with van der Waals surface area (Å²) in [6.07, 6.45) is 5.22. The molecule has 1 heterocycles. The second-order valence-electron chi connectivity index (χ2n) is 5.49. The van der Waals surface area contributed by atoms with E-state index in [1.807, 2.05) is 32.3 Å². The van der Waals surface area contributed by atoms with Crippen LogP contribution in [0.15, 0.2) is 24.4 Å². The molecule has 106 valence electrons. The minimum absolute atomic E-state index is 0.178. The molecule has 1 aromatic heterocycles. The van der Waals surface area contributed by atoms with Crippen LogP contribution in [0.2, 0.25) is 0 Å². The maximum absolute atomic E-state index is 14.1. The number of hydrogen-bond donors (Lipinski definition) is 1. The van der Waals surface area contributed by atoms with Gasteiger partial charge < -0.3 is 5.32 Å². The first kappa shape index (κ1) is 13.3. The predicted molar refractivity (Wildman–Crippen MR) is 77.8 cm³/mol. The highest BCUT2D eigenvalue weighted by molar-refractivity contribution is 5.66. The number of rotatable bonds is 5. The highest BCUT2D eigenvalue weighted by atomic mass is 19.1. The third kappa shape index (κ3) is 2.75. The van der Waals surface area contributed by atoms with Crippen molar-refractivity contribution in [1.29, 1.82) is 0 Å². The van der Waals surface area contributed by atoms with Gasteiger partial charge in [0.15, 0.2) is 0 Å². The van der Waals surface area contributed by atoms with Crippen molar-refractivity contribution in [2.45, 2.75) is 38.8 Å². The third-order valence-electron chi connectivity index (χ3n) is 3.73. The molecule has 3 nitrogen and oxygen atoms in total. The Morgan fingerprint density at radius 2 is 2.15 bits per heavy atom. The Bertz CT molecular complexity index is 614. The van der Waals surface area contributed by atoms with E-state index < -0.39 is 0 Å². The van der Waals surface area contributed by atoms with Crippen LogP contribution in [0.25, 0.3) is 11.1 Å². The molecule has 2 aromatic rings. The molecule has 1 N–H and O–H groups in total. The first-order chi connectivity index (χ1) is 9.67. The van der Waals surface area contributed by atoms with Crippen LogP contribution in [0, 0.1) is 5.82 Å². The summed E-state index contributed by atoms with van der Waals surface area (Å²) in [5.41, 5.74) is 3.63. The van der Waals surface area contributed by atoms with Crippen LogP contribution in [0.4, 0.5) is 4.39 Å². The van der Waals surface area contributed by atoms with Crippen molar-refractivity contribution >= 4 is 0 Å². The summed E-state index contributed by atoms with van der Waals surface area (Å²) in [6, 6.07) is 6.02. The molecule has 0 amide bonds. The summed E-state index contributed by atoms with van der Waals surface area (Å²) in [4.78, 5) is 0. The fourth-order valence-electron chi connectivity index (χ4n) is 2.46. The van der Waals surface area contributed by atoms with Crippen LogP contribution >= 0.6 is 0 Å². The Morgan fingerprint density at radius 3 is 2.85 bits per heavy atom. The summed E-state index contributed by atoms with van der Waals surface area (Å²) < 4.78 is 15.9. The van der Waals surface area contributed by atoms with Gasteiger partial charge >= 0.3 is 0 Å². The van der Waals surface area contributed by atoms with Crippen LogP contribution < -0.4 is 5.32 Å². The summed E-state index contributed by atoms with van der Waals surface area (Å²) in [5, 5.41) is 7.86. The van der Waals surface area contributed by atoms with Gasteiger partial charge in [-0.1, -0.05) is 13.0 Å². The smallest absolute Gasteiger partial charge is 0.131 e. The van der Waals surface area contributed by atoms with E-state index in [9.17, 15) is 4.39 Å². The van der Waals surface area contributed by atoms with Gasteiger partial charge in [-0.05, 0) is 37.0 Å². The minimum atomic E-state index is -0.178. The van der Waals surface area contributed by atoms with Crippen molar-refractivity contribution in [2.24, 2.45) is 7.05 Å². The molecule has 0 bridgehead atoms. The molecule has 4 heteroatoms. The molecular weight excluding hydrogens is 253 g/mol. The lowest BCUT2D eigenvalue weighted by atomic mass is 10.0. The Labute approximate surface area is 118 Å². The molecular formula is C16H20FN3. The molecule has 0 saturated heterocycles. The lowest BCUT2D eigenvalue weighted by Crippen LogP contribution is -2.15. The van der Waals surface area contributed by atoms with E-state index in [0.717, 1.165) is 29.8 Å². The van der Waals surface area contributed by atoms with Crippen molar-refractivity contribution in [2.75, 3.05) is 0 Å². The Kier molecular flexibility index (Phi) is 3.57. The number of nitrogens with zero attached hydrogens (tertiary/aromatic N) is 2. The molecule has 1 aliphatic carbocycles. The second-order valence-corrected chi connectivity index (χ2v) is 5.49. The van der Waals surface area contributed by atoms with E-state index in [1.165, 1.54) is 12.8 Å². The van der Waals surface area contributed by atoms with Crippen molar-refractivity contribution in [3.05, 3.63) is 41.5 Å². The van der Waals surface area contributed by atoms with E-state index in [-0.39, 0.29) is 5.82 Å². The largest absolute Gasteiger partial charge is 0.310 e. The number of aromatic nitrogens is 2. The highest BCUT2D eigenvalue weighted by Gasteiger charge is 2.20. The van der Waals surface area contributed by atoms with E-state index in [2.05, 4.69) is 10.4 Å². The number of nitrogens with one attached hydrogen (secondary N) is 1. The first-order valence-electron chi connectivity index (χ1n) is 7.22. The topological polar surface area (TPSA) is 29.9 Å². The minimum Gasteiger partial charge on any atom is -0.310 e. The molecule has 1 fully saturated rings. The molecule has 1 saturated carbocycles. The van der Waals surface area contributed by atoms with Gasteiger partial charge in [0, 0.05) is 37.0 Å². The van der Waals surface area contributed by atoms with Gasteiger partial charge in [0.2, 0.25) is 0 Å². The van der Waals surface area contributed by atoms with Crippen molar-refractivity contribution in [1.82, 2.24) is 15.1 Å². The molecule has 20 heavy (non-hydrogen) atoms. The van der Waals surface area contributed by atoms with E-state index in [0.29, 0.717) is 11.6 Å². The van der Waals surface area contributed by atoms with Crippen LogP contribution in [-0.4, -0.2) is 15.8 Å². The first-order valence-corrected chi connectivity index (χ1v) is 7.22. The fraction of sp³-hybridized carbons (Fsp3) is 0.438. The van der Waals surface area contributed by atoms with Crippen molar-refractivity contribution < 1.29 is 4.39 Å². The van der Waals surface area contributed by atoms with Crippen LogP contribution in [-0.2, 0) is 20.0 Å². The maximum atomic E-state index is 14.1. The molecule has 3 rings (SSSR count). The summed E-state index contributed by atoms with van der Waals surface area (Å²) >= 11 is 0. The van der Waals surface area contributed by atoms with Gasteiger partial charge in [-0.25, -0.2) is 4.39 Å². The van der Waals surface area contributed by atoms with Crippen LogP contribution in [0.3, 0.4) is 0 Å². The average molecular weight is 273 g/mol. The zero-order chi connectivity index (χ0) is 14.1. The van der Waals surface area contributed by atoms with E-state index in [4.69, 9.17) is 0 Å².